The van der Waals surface area contributed by atoms with Crippen molar-refractivity contribution in [2.75, 3.05) is 32.0 Å². The molecule has 1 saturated heterocycles. The van der Waals surface area contributed by atoms with Gasteiger partial charge in [-0.2, -0.15) is 0 Å². The smallest absolute Gasteiger partial charge is 0.273 e. The quantitative estimate of drug-likeness (QED) is 0.284. The number of carbonyl (C=O) groups is 2. The summed E-state index contributed by atoms with van der Waals surface area (Å²) in [5.74, 6) is 1.97. The molecule has 38 heavy (non-hydrogen) atoms. The summed E-state index contributed by atoms with van der Waals surface area (Å²) in [5, 5.41) is 7.28. The fourth-order valence-corrected chi connectivity index (χ4v) is 6.27. The summed E-state index contributed by atoms with van der Waals surface area (Å²) in [6, 6.07) is 8.18. The summed E-state index contributed by atoms with van der Waals surface area (Å²) in [5.41, 5.74) is 1.20. The maximum Gasteiger partial charge on any atom is 0.273 e. The molecular formula is C28H42Cl2N4O3S. The van der Waals surface area contributed by atoms with Gasteiger partial charge in [0.1, 0.15) is 17.0 Å². The van der Waals surface area contributed by atoms with Crippen LogP contribution in [0.5, 0.6) is 5.75 Å². The van der Waals surface area contributed by atoms with Crippen molar-refractivity contribution < 1.29 is 14.3 Å². The molecule has 10 heteroatoms. The minimum atomic E-state index is -0.0395. The molecule has 1 aliphatic carbocycles. The summed E-state index contributed by atoms with van der Waals surface area (Å²) >= 11 is 1.64. The van der Waals surface area contributed by atoms with Crippen molar-refractivity contribution in [1.82, 2.24) is 20.5 Å². The van der Waals surface area contributed by atoms with Crippen LogP contribution < -0.4 is 15.4 Å². The van der Waals surface area contributed by atoms with E-state index in [4.69, 9.17) is 9.72 Å². The Morgan fingerprint density at radius 3 is 2.61 bits per heavy atom. The number of ether oxygens (including phenoxy) is 1. The Morgan fingerprint density at radius 2 is 1.95 bits per heavy atom. The number of nitrogens with zero attached hydrogens (tertiary/aromatic N) is 2. The van der Waals surface area contributed by atoms with Crippen LogP contribution in [-0.2, 0) is 4.79 Å². The van der Waals surface area contributed by atoms with Crippen LogP contribution in [0.3, 0.4) is 0 Å². The Balaban J connectivity index is 0.00000253. The number of amides is 2. The molecule has 1 atom stereocenters. The first-order valence-corrected chi connectivity index (χ1v) is 14.4. The second-order valence-electron chi connectivity index (χ2n) is 10.3. The second kappa shape index (κ2) is 15.8. The number of carbonyl (C=O) groups excluding carboxylic acids is 2. The van der Waals surface area contributed by atoms with Gasteiger partial charge < -0.3 is 20.3 Å². The molecule has 4 rings (SSSR count). The van der Waals surface area contributed by atoms with E-state index in [-0.39, 0.29) is 48.7 Å². The van der Waals surface area contributed by atoms with Gasteiger partial charge in [0, 0.05) is 48.1 Å². The van der Waals surface area contributed by atoms with E-state index in [0.717, 1.165) is 47.5 Å². The zero-order chi connectivity index (χ0) is 25.5. The molecular weight excluding hydrogens is 543 g/mol. The standard InChI is InChI=1S/C28H40N4O3S.2ClH/c1-19(2)32(22-10-7-13-29-17-22)28(34)24-16-26(36-15-14-30-20(3)33)23-11-6-12-25(27(23)31-24)35-18-21-8-4-5-9-21;;/h6,11-12,16,19,21-22,29H,4-5,7-10,13-15,17-18H2,1-3H3,(H,30,33);2*1H/t22-;;/m1../s1. The lowest BCUT2D eigenvalue weighted by atomic mass is 10.0. The van der Waals surface area contributed by atoms with Gasteiger partial charge in [-0.15, -0.1) is 36.6 Å². The van der Waals surface area contributed by atoms with Gasteiger partial charge in [-0.1, -0.05) is 25.0 Å². The third-order valence-electron chi connectivity index (χ3n) is 7.12. The summed E-state index contributed by atoms with van der Waals surface area (Å²) in [6.45, 7) is 8.75. The molecule has 2 heterocycles. The minimum Gasteiger partial charge on any atom is -0.491 e. The number of para-hydroxylation sites is 1. The summed E-state index contributed by atoms with van der Waals surface area (Å²) < 4.78 is 6.31. The first kappa shape index (κ1) is 32.5. The highest BCUT2D eigenvalue weighted by molar-refractivity contribution is 7.99. The van der Waals surface area contributed by atoms with Gasteiger partial charge in [-0.05, 0) is 64.1 Å². The monoisotopic (exact) mass is 584 g/mol. The molecule has 1 aliphatic heterocycles. The van der Waals surface area contributed by atoms with Crippen LogP contribution in [0.1, 0.15) is 69.8 Å². The maximum absolute atomic E-state index is 13.9. The van der Waals surface area contributed by atoms with E-state index in [1.807, 2.05) is 29.2 Å². The Labute approximate surface area is 243 Å². The minimum absolute atomic E-state index is 0. The van der Waals surface area contributed by atoms with E-state index < -0.39 is 0 Å². The van der Waals surface area contributed by atoms with Crippen molar-refractivity contribution >= 4 is 59.3 Å². The molecule has 212 valence electrons. The van der Waals surface area contributed by atoms with Gasteiger partial charge in [0.15, 0.2) is 0 Å². The van der Waals surface area contributed by atoms with Crippen LogP contribution in [0, 0.1) is 5.92 Å². The second-order valence-corrected chi connectivity index (χ2v) is 11.4. The normalized spacial score (nSPS) is 17.5. The summed E-state index contributed by atoms with van der Waals surface area (Å²) in [4.78, 5) is 33.1. The van der Waals surface area contributed by atoms with Crippen molar-refractivity contribution in [2.24, 2.45) is 5.92 Å². The Bertz CT molecular complexity index is 1060. The van der Waals surface area contributed by atoms with E-state index in [2.05, 4.69) is 24.5 Å². The number of rotatable bonds is 10. The molecule has 2 amide bonds. The molecule has 2 aliphatic rings. The topological polar surface area (TPSA) is 83.6 Å². The van der Waals surface area contributed by atoms with Crippen LogP contribution >= 0.6 is 36.6 Å². The molecule has 1 saturated carbocycles. The van der Waals surface area contributed by atoms with E-state index in [9.17, 15) is 9.59 Å². The highest BCUT2D eigenvalue weighted by Crippen LogP contribution is 2.34. The number of aromatic nitrogens is 1. The Morgan fingerprint density at radius 1 is 1.18 bits per heavy atom. The van der Waals surface area contributed by atoms with Gasteiger partial charge in [-0.25, -0.2) is 4.98 Å². The molecule has 7 nitrogen and oxygen atoms in total. The van der Waals surface area contributed by atoms with Crippen molar-refractivity contribution in [3.05, 3.63) is 30.0 Å². The third-order valence-corrected chi connectivity index (χ3v) is 8.18. The zero-order valence-corrected chi connectivity index (χ0v) is 25.1. The van der Waals surface area contributed by atoms with Crippen LogP contribution in [-0.4, -0.2) is 65.8 Å². The number of thioether (sulfide) groups is 1. The zero-order valence-electron chi connectivity index (χ0n) is 22.7. The van der Waals surface area contributed by atoms with Crippen molar-refractivity contribution in [3.8, 4) is 5.75 Å². The van der Waals surface area contributed by atoms with E-state index in [1.165, 1.54) is 32.6 Å². The van der Waals surface area contributed by atoms with Gasteiger partial charge in [0.2, 0.25) is 5.91 Å². The summed E-state index contributed by atoms with van der Waals surface area (Å²) in [6.07, 6.45) is 7.04. The number of piperidine rings is 1. The number of pyridine rings is 1. The highest BCUT2D eigenvalue weighted by atomic mass is 35.5. The lowest BCUT2D eigenvalue weighted by molar-refractivity contribution is -0.118. The van der Waals surface area contributed by atoms with Gasteiger partial charge >= 0.3 is 0 Å². The van der Waals surface area contributed by atoms with Gasteiger partial charge in [-0.3, -0.25) is 9.59 Å². The van der Waals surface area contributed by atoms with Crippen molar-refractivity contribution in [2.45, 2.75) is 76.3 Å². The fraction of sp³-hybridized carbons (Fsp3) is 0.607. The Hall–Kier alpha value is -1.74. The van der Waals surface area contributed by atoms with Gasteiger partial charge in [0.05, 0.1) is 6.61 Å². The largest absolute Gasteiger partial charge is 0.491 e. The third kappa shape index (κ3) is 8.38. The lowest BCUT2D eigenvalue weighted by Crippen LogP contribution is -2.51. The first-order chi connectivity index (χ1) is 17.4. The SMILES string of the molecule is CC(=O)NCCSc1cc(C(=O)N(C(C)C)[C@@H]2CCCNC2)nc2c(OCC3CCCC3)cccc12.Cl.Cl. The van der Waals surface area contributed by atoms with Crippen LogP contribution in [0.15, 0.2) is 29.2 Å². The van der Waals surface area contributed by atoms with Gasteiger partial charge in [0.25, 0.3) is 5.91 Å². The number of fused-ring (bicyclic) bond motifs is 1. The molecule has 1 aromatic carbocycles. The number of nitrogens with one attached hydrogen (secondary N) is 2. The van der Waals surface area contributed by atoms with Crippen LogP contribution in [0.2, 0.25) is 0 Å². The molecule has 0 unspecified atom stereocenters. The number of hydrogen-bond donors (Lipinski definition) is 2. The number of hydrogen-bond acceptors (Lipinski definition) is 6. The fourth-order valence-electron chi connectivity index (χ4n) is 5.33. The number of benzene rings is 1. The molecule has 2 fully saturated rings. The van der Waals surface area contributed by atoms with E-state index >= 15 is 0 Å². The average molecular weight is 586 g/mol. The van der Waals surface area contributed by atoms with Crippen molar-refractivity contribution in [1.29, 1.82) is 0 Å². The average Bonchev–Trinajstić information content (AvgIpc) is 3.39. The lowest BCUT2D eigenvalue weighted by Gasteiger charge is -2.37. The van der Waals surface area contributed by atoms with E-state index in [0.29, 0.717) is 30.5 Å². The Kier molecular flexibility index (Phi) is 13.5. The predicted molar refractivity (Wildman–Crippen MR) is 160 cm³/mol. The highest BCUT2D eigenvalue weighted by Gasteiger charge is 2.30. The summed E-state index contributed by atoms with van der Waals surface area (Å²) in [7, 11) is 0. The maximum atomic E-state index is 13.9. The van der Waals surface area contributed by atoms with Crippen LogP contribution in [0.25, 0.3) is 10.9 Å². The van der Waals surface area contributed by atoms with E-state index in [1.54, 1.807) is 11.8 Å². The van der Waals surface area contributed by atoms with Crippen molar-refractivity contribution in [3.63, 3.8) is 0 Å². The molecule has 0 radical (unpaired) electrons. The molecule has 0 bridgehead atoms. The van der Waals surface area contributed by atoms with Crippen LogP contribution in [0.4, 0.5) is 0 Å². The predicted octanol–water partition coefficient (Wildman–Crippen LogP) is 5.48. The molecule has 2 N–H and O–H groups in total. The molecule has 2 aromatic rings. The number of halogens is 2. The molecule has 0 spiro atoms. The molecule has 1 aromatic heterocycles. The first-order valence-electron chi connectivity index (χ1n) is 13.4.